The molecule has 0 amide bonds. The highest BCUT2D eigenvalue weighted by Crippen LogP contribution is 2.58. The fourth-order valence-corrected chi connectivity index (χ4v) is 7.37. The van der Waals surface area contributed by atoms with Gasteiger partial charge in [0.1, 0.15) is 22.2 Å². The van der Waals surface area contributed by atoms with Crippen LogP contribution in [0.2, 0.25) is 0 Å². The second-order valence-corrected chi connectivity index (χ2v) is 12.3. The molecule has 7 nitrogen and oxygen atoms in total. The Kier molecular flexibility index (Phi) is 8.24. The maximum Gasteiger partial charge on any atom is 0.248 e. The third-order valence-corrected chi connectivity index (χ3v) is 10.2. The number of benzene rings is 1. The first-order valence-corrected chi connectivity index (χ1v) is 13.7. The van der Waals surface area contributed by atoms with Crippen LogP contribution in [0.5, 0.6) is 0 Å². The molecule has 1 heterocycles. The van der Waals surface area contributed by atoms with Crippen molar-refractivity contribution in [2.24, 2.45) is 27.0 Å². The molecule has 0 saturated heterocycles. The number of aryl methyl sites for hydroxylation is 2. The van der Waals surface area contributed by atoms with Crippen LogP contribution in [0.1, 0.15) is 57.6 Å². The summed E-state index contributed by atoms with van der Waals surface area (Å²) >= 11 is 0. The van der Waals surface area contributed by atoms with E-state index in [1.54, 1.807) is 19.9 Å². The van der Waals surface area contributed by atoms with E-state index in [1.165, 1.54) is 29.6 Å². The fraction of sp³-hybridized carbons (Fsp3) is 0.519. The second-order valence-electron chi connectivity index (χ2n) is 10.5. The van der Waals surface area contributed by atoms with Crippen LogP contribution in [0, 0.1) is 42.2 Å². The van der Waals surface area contributed by atoms with E-state index in [2.05, 4.69) is 42.7 Å². The molecule has 0 radical (unpaired) electrons. The van der Waals surface area contributed by atoms with Crippen molar-refractivity contribution in [3.63, 3.8) is 0 Å². The van der Waals surface area contributed by atoms with Gasteiger partial charge in [-0.1, -0.05) is 45.5 Å². The first-order valence-electron chi connectivity index (χ1n) is 12.3. The molecule has 1 aliphatic rings. The van der Waals surface area contributed by atoms with Crippen LogP contribution in [-0.4, -0.2) is 38.0 Å². The number of aromatic nitrogens is 1. The lowest BCUT2D eigenvalue weighted by atomic mass is 9.64. The molecule has 0 bridgehead atoms. The van der Waals surface area contributed by atoms with E-state index in [0.29, 0.717) is 17.8 Å². The van der Waals surface area contributed by atoms with Crippen LogP contribution in [0.25, 0.3) is 5.70 Å². The van der Waals surface area contributed by atoms with E-state index in [4.69, 9.17) is 4.52 Å². The van der Waals surface area contributed by atoms with Gasteiger partial charge in [0, 0.05) is 20.1 Å². The van der Waals surface area contributed by atoms with Crippen molar-refractivity contribution >= 4 is 15.7 Å². The lowest BCUT2D eigenvalue weighted by Gasteiger charge is -2.44. The van der Waals surface area contributed by atoms with Crippen molar-refractivity contribution in [1.29, 1.82) is 0 Å². The summed E-state index contributed by atoms with van der Waals surface area (Å²) in [6, 6.07) is 3.65. The summed E-state index contributed by atoms with van der Waals surface area (Å²) in [4.78, 5) is 0.110. The van der Waals surface area contributed by atoms with E-state index < -0.39 is 32.5 Å². The van der Waals surface area contributed by atoms with Crippen LogP contribution in [0.15, 0.2) is 56.1 Å². The van der Waals surface area contributed by atoms with Gasteiger partial charge < -0.3 is 4.52 Å². The second kappa shape index (κ2) is 10.6. The van der Waals surface area contributed by atoms with Gasteiger partial charge in [-0.05, 0) is 67.2 Å². The van der Waals surface area contributed by atoms with Gasteiger partial charge in [-0.2, -0.15) is 14.5 Å². The van der Waals surface area contributed by atoms with Gasteiger partial charge >= 0.3 is 0 Å². The highest BCUT2D eigenvalue weighted by atomic mass is 32.2. The Labute approximate surface area is 218 Å². The van der Waals surface area contributed by atoms with Gasteiger partial charge in [-0.3, -0.25) is 0 Å². The van der Waals surface area contributed by atoms with Gasteiger partial charge in [0.25, 0.3) is 0 Å². The van der Waals surface area contributed by atoms with Crippen LogP contribution >= 0.6 is 0 Å². The maximum absolute atomic E-state index is 14.5. The maximum atomic E-state index is 14.5. The SMILES string of the molecule is C=C(/C=C(\N=N/C)c1c(F)cccc1F)C1CCC(C)(CN(CC)S(=O)(=O)c2c(C)noc2C)C1(C)C. The van der Waals surface area contributed by atoms with E-state index in [9.17, 15) is 17.2 Å². The third-order valence-electron chi connectivity index (χ3n) is 8.05. The summed E-state index contributed by atoms with van der Waals surface area (Å²) in [7, 11) is -2.39. The predicted octanol–water partition coefficient (Wildman–Crippen LogP) is 6.70. The van der Waals surface area contributed by atoms with Crippen molar-refractivity contribution in [3.8, 4) is 0 Å². The van der Waals surface area contributed by atoms with E-state index in [1.807, 2.05) is 6.92 Å². The van der Waals surface area contributed by atoms with Crippen LogP contribution in [0.3, 0.4) is 0 Å². The molecule has 10 heteroatoms. The molecule has 1 aromatic carbocycles. The minimum absolute atomic E-state index is 0.0590. The molecule has 202 valence electrons. The zero-order chi connectivity index (χ0) is 27.8. The van der Waals surface area contributed by atoms with Crippen LogP contribution in [0.4, 0.5) is 8.78 Å². The molecule has 0 aliphatic heterocycles. The Morgan fingerprint density at radius 2 is 1.89 bits per heavy atom. The van der Waals surface area contributed by atoms with Gasteiger partial charge in [0.15, 0.2) is 5.76 Å². The minimum Gasteiger partial charge on any atom is -0.360 e. The van der Waals surface area contributed by atoms with Crippen molar-refractivity contribution in [2.75, 3.05) is 20.1 Å². The van der Waals surface area contributed by atoms with Gasteiger partial charge in [-0.15, -0.1) is 0 Å². The Hall–Kier alpha value is -2.72. The van der Waals surface area contributed by atoms with Gasteiger partial charge in [0.2, 0.25) is 10.0 Å². The number of nitrogens with zero attached hydrogens (tertiary/aromatic N) is 4. The van der Waals surface area contributed by atoms with E-state index >= 15 is 0 Å². The third kappa shape index (κ3) is 5.18. The zero-order valence-corrected chi connectivity index (χ0v) is 23.4. The summed E-state index contributed by atoms with van der Waals surface area (Å²) < 4.78 is 62.8. The largest absolute Gasteiger partial charge is 0.360 e. The van der Waals surface area contributed by atoms with E-state index in [-0.39, 0.29) is 34.4 Å². The molecule has 2 atom stereocenters. The first kappa shape index (κ1) is 28.8. The molecule has 3 rings (SSSR count). The van der Waals surface area contributed by atoms with Crippen LogP contribution in [-0.2, 0) is 10.0 Å². The van der Waals surface area contributed by atoms with Crippen molar-refractivity contribution in [1.82, 2.24) is 9.46 Å². The summed E-state index contributed by atoms with van der Waals surface area (Å²) in [6.07, 6.45) is 3.06. The van der Waals surface area contributed by atoms with Gasteiger partial charge in [-0.25, -0.2) is 17.2 Å². The smallest absolute Gasteiger partial charge is 0.248 e. The Morgan fingerprint density at radius 3 is 2.41 bits per heavy atom. The quantitative estimate of drug-likeness (QED) is 0.264. The molecule has 0 N–H and O–H groups in total. The Morgan fingerprint density at radius 1 is 1.27 bits per heavy atom. The molecule has 0 spiro atoms. The first-order chi connectivity index (χ1) is 17.2. The molecule has 1 aromatic heterocycles. The molecule has 1 fully saturated rings. The van der Waals surface area contributed by atoms with Crippen molar-refractivity contribution in [3.05, 3.63) is 65.1 Å². The normalized spacial score (nSPS) is 22.3. The molecule has 2 aromatic rings. The Bertz CT molecular complexity index is 1310. The summed E-state index contributed by atoms with van der Waals surface area (Å²) in [5.41, 5.74) is -0.00719. The minimum atomic E-state index is -3.82. The summed E-state index contributed by atoms with van der Waals surface area (Å²) in [5, 5.41) is 11.6. The number of halogens is 2. The summed E-state index contributed by atoms with van der Waals surface area (Å²) in [5.74, 6) is -1.27. The molecule has 1 saturated carbocycles. The molecular formula is C27H36F2N4O3S. The number of hydrogen-bond donors (Lipinski definition) is 0. The number of hydrogen-bond acceptors (Lipinski definition) is 6. The molecule has 37 heavy (non-hydrogen) atoms. The van der Waals surface area contributed by atoms with Crippen molar-refractivity contribution < 1.29 is 21.7 Å². The average molecular weight is 535 g/mol. The zero-order valence-electron chi connectivity index (χ0n) is 22.6. The highest BCUT2D eigenvalue weighted by Gasteiger charge is 2.53. The topological polar surface area (TPSA) is 88.1 Å². The number of allylic oxidation sites excluding steroid dienone is 2. The standard InChI is InChI=1S/C27H36F2N4O3S/c1-9-33(37(34,35)25-18(3)32-36-19(25)4)16-27(7)14-13-20(26(27,5)6)17(2)15-23(31-30-8)24-21(28)11-10-12-22(24)29/h10-12,15,20H,2,9,13-14,16H2,1,3-8H3/b23-15-,31-30-. The average Bonchev–Trinajstić information content (AvgIpc) is 3.26. The summed E-state index contributed by atoms with van der Waals surface area (Å²) in [6.45, 7) is 16.1. The molecule has 1 aliphatic carbocycles. The fourth-order valence-electron chi connectivity index (χ4n) is 5.50. The predicted molar refractivity (Wildman–Crippen MR) is 139 cm³/mol. The molecular weight excluding hydrogens is 498 g/mol. The molecule has 2 unspecified atom stereocenters. The number of sulfonamides is 1. The lowest BCUT2D eigenvalue weighted by Crippen LogP contribution is -2.46. The number of azo groups is 1. The highest BCUT2D eigenvalue weighted by molar-refractivity contribution is 7.89. The number of rotatable bonds is 9. The monoisotopic (exact) mass is 534 g/mol. The van der Waals surface area contributed by atoms with Gasteiger partial charge in [0.05, 0.1) is 11.3 Å². The van der Waals surface area contributed by atoms with Crippen molar-refractivity contribution in [2.45, 2.75) is 59.3 Å². The van der Waals surface area contributed by atoms with Crippen LogP contribution < -0.4 is 0 Å². The lowest BCUT2D eigenvalue weighted by molar-refractivity contribution is 0.0802. The van der Waals surface area contributed by atoms with E-state index in [0.717, 1.165) is 12.8 Å². The Balaban J connectivity index is 1.94.